The Bertz CT molecular complexity index is 221. The molecule has 1 amide bonds. The molecule has 1 aliphatic heterocycles. The number of hydrogen-bond donors (Lipinski definition) is 1. The van der Waals surface area contributed by atoms with E-state index in [0.717, 1.165) is 19.5 Å². The summed E-state index contributed by atoms with van der Waals surface area (Å²) < 4.78 is 4.93. The van der Waals surface area contributed by atoms with Crippen LogP contribution in [0.25, 0.3) is 0 Å². The Hall–Kier alpha value is -0.610. The molecule has 94 valence electrons. The lowest BCUT2D eigenvalue weighted by Crippen LogP contribution is -2.43. The van der Waals surface area contributed by atoms with Crippen molar-refractivity contribution in [2.75, 3.05) is 26.8 Å². The predicted octanol–water partition coefficient (Wildman–Crippen LogP) is 0.999. The number of carbonyl (C=O) groups excluding carboxylic acids is 1. The predicted molar refractivity (Wildman–Crippen MR) is 64.1 cm³/mol. The van der Waals surface area contributed by atoms with E-state index in [9.17, 15) is 4.79 Å². The molecule has 0 aromatic carbocycles. The molecule has 4 heteroatoms. The molecule has 4 nitrogen and oxygen atoms in total. The van der Waals surface area contributed by atoms with Crippen LogP contribution in [0, 0.1) is 5.92 Å². The molecule has 0 bridgehead atoms. The smallest absolute Gasteiger partial charge is 0.239 e. The van der Waals surface area contributed by atoms with Crippen molar-refractivity contribution in [2.24, 2.45) is 11.7 Å². The zero-order chi connectivity index (χ0) is 12.0. The molecule has 0 saturated carbocycles. The molecular formula is C12H24N2O2. The molecule has 0 radical (unpaired) electrons. The van der Waals surface area contributed by atoms with Gasteiger partial charge in [0, 0.05) is 26.8 Å². The molecule has 0 aromatic heterocycles. The van der Waals surface area contributed by atoms with E-state index in [4.69, 9.17) is 10.5 Å². The van der Waals surface area contributed by atoms with Crippen LogP contribution < -0.4 is 5.73 Å². The molecule has 1 saturated heterocycles. The van der Waals surface area contributed by atoms with Gasteiger partial charge in [0.2, 0.25) is 5.91 Å². The van der Waals surface area contributed by atoms with Gasteiger partial charge in [-0.25, -0.2) is 0 Å². The van der Waals surface area contributed by atoms with E-state index in [1.165, 1.54) is 12.8 Å². The van der Waals surface area contributed by atoms with Gasteiger partial charge >= 0.3 is 0 Å². The van der Waals surface area contributed by atoms with Gasteiger partial charge in [0.1, 0.15) is 0 Å². The van der Waals surface area contributed by atoms with Crippen LogP contribution in [-0.2, 0) is 9.53 Å². The molecule has 1 heterocycles. The highest BCUT2D eigenvalue weighted by Gasteiger charge is 2.28. The largest absolute Gasteiger partial charge is 0.385 e. The van der Waals surface area contributed by atoms with E-state index < -0.39 is 0 Å². The lowest BCUT2D eigenvalue weighted by atomic mass is 10.0. The SMILES string of the molecule is CCCC1CCN(C(=O)C(N)CCOC)C1. The van der Waals surface area contributed by atoms with E-state index in [0.29, 0.717) is 18.9 Å². The number of carbonyl (C=O) groups is 1. The van der Waals surface area contributed by atoms with Crippen LogP contribution in [-0.4, -0.2) is 43.7 Å². The van der Waals surface area contributed by atoms with Crippen LogP contribution in [0.2, 0.25) is 0 Å². The van der Waals surface area contributed by atoms with Gasteiger partial charge < -0.3 is 15.4 Å². The maximum atomic E-state index is 11.9. The third kappa shape index (κ3) is 3.76. The Morgan fingerprint density at radius 2 is 2.38 bits per heavy atom. The molecular weight excluding hydrogens is 204 g/mol. The molecule has 1 rings (SSSR count). The standard InChI is InChI=1S/C12H24N2O2/c1-3-4-10-5-7-14(9-10)12(15)11(13)6-8-16-2/h10-11H,3-9,13H2,1-2H3. The Kier molecular flexibility index (Phi) is 5.77. The molecule has 2 atom stereocenters. The second kappa shape index (κ2) is 6.86. The number of methoxy groups -OCH3 is 1. The van der Waals surface area contributed by atoms with Crippen LogP contribution in [0.5, 0.6) is 0 Å². The van der Waals surface area contributed by atoms with Crippen LogP contribution in [0.15, 0.2) is 0 Å². The Morgan fingerprint density at radius 1 is 1.62 bits per heavy atom. The van der Waals surface area contributed by atoms with Gasteiger partial charge in [-0.15, -0.1) is 0 Å². The van der Waals surface area contributed by atoms with Crippen molar-refractivity contribution >= 4 is 5.91 Å². The number of nitrogens with two attached hydrogens (primary N) is 1. The fraction of sp³-hybridized carbons (Fsp3) is 0.917. The molecule has 2 unspecified atom stereocenters. The third-order valence-corrected chi connectivity index (χ3v) is 3.24. The number of ether oxygens (including phenoxy) is 1. The highest BCUT2D eigenvalue weighted by molar-refractivity contribution is 5.81. The quantitative estimate of drug-likeness (QED) is 0.738. The van der Waals surface area contributed by atoms with Gasteiger partial charge in [-0.05, 0) is 25.2 Å². The van der Waals surface area contributed by atoms with E-state index in [-0.39, 0.29) is 11.9 Å². The van der Waals surface area contributed by atoms with Gasteiger partial charge in [-0.1, -0.05) is 13.3 Å². The summed E-state index contributed by atoms with van der Waals surface area (Å²) in [5.41, 5.74) is 5.83. The lowest BCUT2D eigenvalue weighted by molar-refractivity contribution is -0.132. The monoisotopic (exact) mass is 228 g/mol. The van der Waals surface area contributed by atoms with Crippen molar-refractivity contribution in [1.29, 1.82) is 0 Å². The molecule has 16 heavy (non-hydrogen) atoms. The highest BCUT2D eigenvalue weighted by Crippen LogP contribution is 2.21. The van der Waals surface area contributed by atoms with Gasteiger partial charge in [0.15, 0.2) is 0 Å². The van der Waals surface area contributed by atoms with Crippen molar-refractivity contribution in [3.8, 4) is 0 Å². The van der Waals surface area contributed by atoms with Crippen LogP contribution in [0.3, 0.4) is 0 Å². The van der Waals surface area contributed by atoms with Gasteiger partial charge in [0.25, 0.3) is 0 Å². The van der Waals surface area contributed by atoms with E-state index in [1.54, 1.807) is 7.11 Å². The molecule has 0 aromatic rings. The number of hydrogen-bond acceptors (Lipinski definition) is 3. The molecule has 2 N–H and O–H groups in total. The van der Waals surface area contributed by atoms with Crippen molar-refractivity contribution in [2.45, 2.75) is 38.6 Å². The normalized spacial score (nSPS) is 22.4. The zero-order valence-corrected chi connectivity index (χ0v) is 10.4. The fourth-order valence-corrected chi connectivity index (χ4v) is 2.28. The van der Waals surface area contributed by atoms with Crippen LogP contribution in [0.4, 0.5) is 0 Å². The number of rotatable bonds is 6. The first kappa shape index (κ1) is 13.5. The Balaban J connectivity index is 2.32. The topological polar surface area (TPSA) is 55.6 Å². The summed E-state index contributed by atoms with van der Waals surface area (Å²) in [4.78, 5) is 13.9. The van der Waals surface area contributed by atoms with Crippen LogP contribution >= 0.6 is 0 Å². The fourth-order valence-electron chi connectivity index (χ4n) is 2.28. The average molecular weight is 228 g/mol. The van der Waals surface area contributed by atoms with Gasteiger partial charge in [0.05, 0.1) is 6.04 Å². The summed E-state index contributed by atoms with van der Waals surface area (Å²) in [6.07, 6.45) is 4.17. The van der Waals surface area contributed by atoms with Crippen molar-refractivity contribution in [1.82, 2.24) is 4.90 Å². The van der Waals surface area contributed by atoms with Crippen molar-refractivity contribution < 1.29 is 9.53 Å². The average Bonchev–Trinajstić information content (AvgIpc) is 2.74. The Morgan fingerprint density at radius 3 is 3.00 bits per heavy atom. The maximum absolute atomic E-state index is 11.9. The van der Waals surface area contributed by atoms with Crippen molar-refractivity contribution in [3.05, 3.63) is 0 Å². The minimum absolute atomic E-state index is 0.0932. The second-order valence-electron chi connectivity index (χ2n) is 4.62. The number of nitrogens with zero attached hydrogens (tertiary/aromatic N) is 1. The Labute approximate surface area is 98.1 Å². The summed E-state index contributed by atoms with van der Waals surface area (Å²) in [6, 6.07) is -0.389. The van der Waals surface area contributed by atoms with Crippen molar-refractivity contribution in [3.63, 3.8) is 0 Å². The summed E-state index contributed by atoms with van der Waals surface area (Å²) >= 11 is 0. The van der Waals surface area contributed by atoms with E-state index in [1.807, 2.05) is 4.90 Å². The summed E-state index contributed by atoms with van der Waals surface area (Å²) in [5.74, 6) is 0.777. The zero-order valence-electron chi connectivity index (χ0n) is 10.4. The molecule has 0 aliphatic carbocycles. The minimum Gasteiger partial charge on any atom is -0.385 e. The highest BCUT2D eigenvalue weighted by atomic mass is 16.5. The first-order valence-corrected chi connectivity index (χ1v) is 6.22. The second-order valence-corrected chi connectivity index (χ2v) is 4.62. The number of likely N-dealkylation sites (tertiary alicyclic amines) is 1. The van der Waals surface area contributed by atoms with E-state index >= 15 is 0 Å². The van der Waals surface area contributed by atoms with Crippen LogP contribution in [0.1, 0.15) is 32.6 Å². The molecule has 1 fully saturated rings. The first-order valence-electron chi connectivity index (χ1n) is 6.22. The third-order valence-electron chi connectivity index (χ3n) is 3.24. The number of amides is 1. The van der Waals surface area contributed by atoms with Gasteiger partial charge in [-0.2, -0.15) is 0 Å². The molecule has 1 aliphatic rings. The van der Waals surface area contributed by atoms with Gasteiger partial charge in [-0.3, -0.25) is 4.79 Å². The van der Waals surface area contributed by atoms with E-state index in [2.05, 4.69) is 6.92 Å². The molecule has 0 spiro atoms. The summed E-state index contributed by atoms with van der Waals surface area (Å²) in [5, 5.41) is 0. The summed E-state index contributed by atoms with van der Waals surface area (Å²) in [7, 11) is 1.63. The minimum atomic E-state index is -0.389. The first-order chi connectivity index (χ1) is 7.69. The summed E-state index contributed by atoms with van der Waals surface area (Å²) in [6.45, 7) is 4.52. The lowest BCUT2D eigenvalue weighted by Gasteiger charge is -2.20. The maximum Gasteiger partial charge on any atom is 0.239 e.